The Morgan fingerprint density at radius 2 is 1.69 bits per heavy atom. The summed E-state index contributed by atoms with van der Waals surface area (Å²) >= 11 is 0. The zero-order valence-corrected chi connectivity index (χ0v) is 17.2. The fraction of sp³-hybridized carbons (Fsp3) is 0.522. The molecule has 5 nitrogen and oxygen atoms in total. The summed E-state index contributed by atoms with van der Waals surface area (Å²) in [6.07, 6.45) is 4.74. The van der Waals surface area contributed by atoms with E-state index in [4.69, 9.17) is 9.47 Å². The number of benzene rings is 1. The Kier molecular flexibility index (Phi) is 6.50. The van der Waals surface area contributed by atoms with E-state index >= 15 is 0 Å². The summed E-state index contributed by atoms with van der Waals surface area (Å²) in [4.78, 5) is 29.7. The largest absolute Gasteiger partial charge is 0.465 e. The van der Waals surface area contributed by atoms with Crippen molar-refractivity contribution in [1.29, 1.82) is 0 Å². The van der Waals surface area contributed by atoms with Gasteiger partial charge in [-0.15, -0.1) is 0 Å². The van der Waals surface area contributed by atoms with Gasteiger partial charge < -0.3 is 9.47 Å². The first-order chi connectivity index (χ1) is 13.9. The van der Waals surface area contributed by atoms with Gasteiger partial charge in [-0.3, -0.25) is 14.6 Å². The van der Waals surface area contributed by atoms with Gasteiger partial charge in [0.05, 0.1) is 18.7 Å². The van der Waals surface area contributed by atoms with Gasteiger partial charge in [-0.05, 0) is 88.1 Å². The number of carbonyl (C=O) groups is 2. The molecule has 0 spiro atoms. The van der Waals surface area contributed by atoms with Crippen molar-refractivity contribution in [3.8, 4) is 0 Å². The quantitative estimate of drug-likeness (QED) is 0.515. The lowest BCUT2D eigenvalue weighted by atomic mass is 9.66. The van der Waals surface area contributed by atoms with Crippen LogP contribution in [0.2, 0.25) is 0 Å². The summed E-state index contributed by atoms with van der Waals surface area (Å²) in [5.74, 6) is -1.23. The molecule has 1 heterocycles. The highest BCUT2D eigenvalue weighted by molar-refractivity contribution is 6.00. The van der Waals surface area contributed by atoms with Crippen LogP contribution in [0.3, 0.4) is 0 Å². The number of hydrogen-bond donors (Lipinski definition) is 0. The Morgan fingerprint density at radius 1 is 1.07 bits per heavy atom. The molecule has 1 fully saturated rings. The van der Waals surface area contributed by atoms with Crippen LogP contribution in [0.25, 0.3) is 10.9 Å². The molecule has 0 radical (unpaired) electrons. The highest BCUT2D eigenvalue weighted by Crippen LogP contribution is 2.46. The third-order valence-electron chi connectivity index (χ3n) is 6.12. The number of carbonyl (C=O) groups excluding carboxylic acids is 2. The molecule has 0 aliphatic heterocycles. The van der Waals surface area contributed by atoms with Crippen molar-refractivity contribution in [2.45, 2.75) is 52.4 Å². The summed E-state index contributed by atoms with van der Waals surface area (Å²) in [6, 6.07) is 6.59. The van der Waals surface area contributed by atoms with Crippen LogP contribution < -0.4 is 0 Å². The molecule has 0 atom stereocenters. The van der Waals surface area contributed by atoms with Crippen molar-refractivity contribution in [2.75, 3.05) is 13.2 Å². The number of rotatable bonds is 6. The van der Waals surface area contributed by atoms with Crippen molar-refractivity contribution in [3.63, 3.8) is 0 Å². The first-order valence-electron chi connectivity index (χ1n) is 10.3. The van der Waals surface area contributed by atoms with E-state index in [1.165, 1.54) is 12.1 Å². The average molecular weight is 401 g/mol. The number of ether oxygens (including phenoxy) is 2. The molecule has 0 bridgehead atoms. The molecule has 2 aromatic rings. The SMILES string of the molecule is CCOC(=O)C(C)(C(=O)OCC)C1CCC(c2ccnc3ccc(F)cc23)CC1. The van der Waals surface area contributed by atoms with E-state index in [1.54, 1.807) is 33.0 Å². The molecule has 0 amide bonds. The fourth-order valence-electron chi connectivity index (χ4n) is 4.46. The number of esters is 2. The fourth-order valence-corrected chi connectivity index (χ4v) is 4.46. The minimum atomic E-state index is -1.30. The minimum Gasteiger partial charge on any atom is -0.465 e. The number of hydrogen-bond acceptors (Lipinski definition) is 5. The topological polar surface area (TPSA) is 65.5 Å². The summed E-state index contributed by atoms with van der Waals surface area (Å²) in [5.41, 5.74) is 0.541. The maximum Gasteiger partial charge on any atom is 0.323 e. The van der Waals surface area contributed by atoms with Gasteiger partial charge in [0.15, 0.2) is 5.41 Å². The van der Waals surface area contributed by atoms with Crippen molar-refractivity contribution >= 4 is 22.8 Å². The second kappa shape index (κ2) is 8.89. The van der Waals surface area contributed by atoms with Crippen LogP contribution in [0.15, 0.2) is 30.5 Å². The smallest absolute Gasteiger partial charge is 0.323 e. The minimum absolute atomic E-state index is 0.151. The predicted octanol–water partition coefficient (Wildman–Crippen LogP) is 4.78. The standard InChI is InChI=1S/C23H28FNO4/c1-4-28-21(26)23(3,22(27)29-5-2)16-8-6-15(7-9-16)18-12-13-25-20-11-10-17(24)14-19(18)20/h10-16H,4-9H2,1-3H3. The molecule has 1 aliphatic rings. The highest BCUT2D eigenvalue weighted by Gasteiger charge is 2.51. The van der Waals surface area contributed by atoms with Gasteiger partial charge in [0.2, 0.25) is 0 Å². The van der Waals surface area contributed by atoms with Crippen LogP contribution >= 0.6 is 0 Å². The first kappa shape index (κ1) is 21.2. The molecule has 1 saturated carbocycles. The van der Waals surface area contributed by atoms with Crippen LogP contribution in [0, 0.1) is 17.2 Å². The number of pyridine rings is 1. The van der Waals surface area contributed by atoms with Crippen LogP contribution in [-0.4, -0.2) is 30.1 Å². The van der Waals surface area contributed by atoms with Crippen molar-refractivity contribution in [1.82, 2.24) is 4.98 Å². The Balaban J connectivity index is 1.82. The van der Waals surface area contributed by atoms with E-state index in [0.717, 1.165) is 29.3 Å². The predicted molar refractivity (Wildman–Crippen MR) is 108 cm³/mol. The van der Waals surface area contributed by atoms with Crippen molar-refractivity contribution in [2.24, 2.45) is 11.3 Å². The van der Waals surface area contributed by atoms with Crippen LogP contribution in [0.1, 0.15) is 57.9 Å². The Labute approximate surface area is 170 Å². The molecular formula is C23H28FNO4. The lowest BCUT2D eigenvalue weighted by molar-refractivity contribution is -0.176. The van der Waals surface area contributed by atoms with Crippen molar-refractivity contribution < 1.29 is 23.5 Å². The molecule has 0 unspecified atom stereocenters. The molecule has 6 heteroatoms. The number of aromatic nitrogens is 1. The highest BCUT2D eigenvalue weighted by atomic mass is 19.1. The zero-order chi connectivity index (χ0) is 21.0. The van der Waals surface area contributed by atoms with E-state index in [2.05, 4.69) is 4.98 Å². The van der Waals surface area contributed by atoms with Gasteiger partial charge in [0, 0.05) is 11.6 Å². The maximum absolute atomic E-state index is 13.8. The van der Waals surface area contributed by atoms with Gasteiger partial charge in [0.25, 0.3) is 0 Å². The molecule has 1 aromatic heterocycles. The molecule has 1 aromatic carbocycles. The Hall–Kier alpha value is -2.50. The molecular weight excluding hydrogens is 373 g/mol. The number of halogens is 1. The normalized spacial score (nSPS) is 19.7. The van der Waals surface area contributed by atoms with Gasteiger partial charge in [-0.2, -0.15) is 0 Å². The summed E-state index contributed by atoms with van der Waals surface area (Å²) in [5, 5.41) is 0.828. The number of nitrogens with zero attached hydrogens (tertiary/aromatic N) is 1. The summed E-state index contributed by atoms with van der Waals surface area (Å²) in [6.45, 7) is 5.54. The summed E-state index contributed by atoms with van der Waals surface area (Å²) < 4.78 is 24.2. The molecule has 0 saturated heterocycles. The van der Waals surface area contributed by atoms with Gasteiger partial charge in [-0.25, -0.2) is 4.39 Å². The second-order valence-electron chi connectivity index (χ2n) is 7.75. The Morgan fingerprint density at radius 3 is 2.28 bits per heavy atom. The van der Waals surface area contributed by atoms with Crippen molar-refractivity contribution in [3.05, 3.63) is 41.8 Å². The van der Waals surface area contributed by atoms with Gasteiger partial charge in [-0.1, -0.05) is 0 Å². The maximum atomic E-state index is 13.8. The zero-order valence-electron chi connectivity index (χ0n) is 17.2. The second-order valence-corrected chi connectivity index (χ2v) is 7.75. The van der Waals surface area contributed by atoms with E-state index in [-0.39, 0.29) is 30.9 Å². The molecule has 29 heavy (non-hydrogen) atoms. The first-order valence-corrected chi connectivity index (χ1v) is 10.3. The lowest BCUT2D eigenvalue weighted by Gasteiger charge is -2.38. The van der Waals surface area contributed by atoms with E-state index in [1.807, 2.05) is 6.07 Å². The van der Waals surface area contributed by atoms with E-state index in [9.17, 15) is 14.0 Å². The molecule has 1 aliphatic carbocycles. The monoisotopic (exact) mass is 401 g/mol. The lowest BCUT2D eigenvalue weighted by Crippen LogP contribution is -2.46. The van der Waals surface area contributed by atoms with Crippen LogP contribution in [0.5, 0.6) is 0 Å². The molecule has 3 rings (SSSR count). The molecule has 156 valence electrons. The Bertz CT molecular complexity index is 872. The van der Waals surface area contributed by atoms with Gasteiger partial charge in [0.1, 0.15) is 5.82 Å². The summed E-state index contributed by atoms with van der Waals surface area (Å²) in [7, 11) is 0. The average Bonchev–Trinajstić information content (AvgIpc) is 2.73. The third kappa shape index (κ3) is 4.11. The van der Waals surface area contributed by atoms with Gasteiger partial charge >= 0.3 is 11.9 Å². The van der Waals surface area contributed by atoms with Crippen LogP contribution in [-0.2, 0) is 19.1 Å². The third-order valence-corrected chi connectivity index (χ3v) is 6.12. The van der Waals surface area contributed by atoms with E-state index < -0.39 is 17.4 Å². The van der Waals surface area contributed by atoms with E-state index in [0.29, 0.717) is 12.8 Å². The van der Waals surface area contributed by atoms with Crippen LogP contribution in [0.4, 0.5) is 4.39 Å². The molecule has 0 N–H and O–H groups in total. The number of fused-ring (bicyclic) bond motifs is 1.